The largest absolute Gasteiger partial charge is 0.367 e. The van der Waals surface area contributed by atoms with Gasteiger partial charge in [-0.1, -0.05) is 37.3 Å². The highest BCUT2D eigenvalue weighted by Gasteiger charge is 2.15. The second-order valence-corrected chi connectivity index (χ2v) is 6.25. The van der Waals surface area contributed by atoms with Crippen LogP contribution in [0.4, 0.5) is 0 Å². The molecule has 118 valence electrons. The molecular formula is C17H18N4OS. The lowest BCUT2D eigenvalue weighted by Crippen LogP contribution is -2.23. The minimum Gasteiger partial charge on any atom is -0.367 e. The Morgan fingerprint density at radius 2 is 2.04 bits per heavy atom. The van der Waals surface area contributed by atoms with Crippen LogP contribution in [0.1, 0.15) is 12.7 Å². The molecule has 1 aromatic carbocycles. The SMILES string of the molecule is CCc1nc2scc(-c3ccccc3)c2c(=O)n1/N=C\N(C)C. The molecule has 5 nitrogen and oxygen atoms in total. The molecule has 3 rings (SSSR count). The van der Waals surface area contributed by atoms with Crippen LogP contribution < -0.4 is 5.56 Å². The Bertz CT molecular complexity index is 909. The fraction of sp³-hybridized carbons (Fsp3) is 0.235. The Morgan fingerprint density at radius 3 is 2.70 bits per heavy atom. The molecule has 0 bridgehead atoms. The maximum absolute atomic E-state index is 13.0. The second-order valence-electron chi connectivity index (χ2n) is 5.39. The maximum atomic E-state index is 13.0. The molecular weight excluding hydrogens is 308 g/mol. The predicted octanol–water partition coefficient (Wildman–Crippen LogP) is 3.04. The smallest absolute Gasteiger partial charge is 0.283 e. The lowest BCUT2D eigenvalue weighted by atomic mass is 10.1. The molecule has 0 atom stereocenters. The van der Waals surface area contributed by atoms with Crippen molar-refractivity contribution in [2.24, 2.45) is 5.10 Å². The fourth-order valence-corrected chi connectivity index (χ4v) is 3.31. The highest BCUT2D eigenvalue weighted by molar-refractivity contribution is 7.17. The van der Waals surface area contributed by atoms with Gasteiger partial charge in [-0.15, -0.1) is 11.3 Å². The van der Waals surface area contributed by atoms with E-state index in [1.165, 1.54) is 16.0 Å². The van der Waals surface area contributed by atoms with Crippen molar-refractivity contribution >= 4 is 27.9 Å². The van der Waals surface area contributed by atoms with E-state index in [0.717, 1.165) is 16.0 Å². The van der Waals surface area contributed by atoms with E-state index in [9.17, 15) is 4.79 Å². The van der Waals surface area contributed by atoms with E-state index in [2.05, 4.69) is 10.1 Å². The predicted molar refractivity (Wildman–Crippen MR) is 96.3 cm³/mol. The second kappa shape index (κ2) is 6.34. The van der Waals surface area contributed by atoms with Gasteiger partial charge in [-0.2, -0.15) is 9.78 Å². The van der Waals surface area contributed by atoms with Crippen LogP contribution in [0.15, 0.2) is 45.6 Å². The van der Waals surface area contributed by atoms with Crippen LogP contribution in [0.2, 0.25) is 0 Å². The van der Waals surface area contributed by atoms with Gasteiger partial charge in [0.15, 0.2) is 0 Å². The van der Waals surface area contributed by atoms with Crippen molar-refractivity contribution < 1.29 is 0 Å². The molecule has 6 heteroatoms. The molecule has 0 amide bonds. The third-order valence-electron chi connectivity index (χ3n) is 3.45. The Kier molecular flexibility index (Phi) is 4.25. The van der Waals surface area contributed by atoms with Gasteiger partial charge in [0.2, 0.25) is 0 Å². The van der Waals surface area contributed by atoms with Crippen molar-refractivity contribution in [2.75, 3.05) is 14.1 Å². The Hall–Kier alpha value is -2.47. The van der Waals surface area contributed by atoms with Crippen molar-refractivity contribution in [1.29, 1.82) is 0 Å². The zero-order valence-corrected chi connectivity index (χ0v) is 14.2. The van der Waals surface area contributed by atoms with Crippen molar-refractivity contribution in [3.05, 3.63) is 51.9 Å². The number of nitrogens with zero attached hydrogens (tertiary/aromatic N) is 4. The van der Waals surface area contributed by atoms with Crippen molar-refractivity contribution in [3.63, 3.8) is 0 Å². The van der Waals surface area contributed by atoms with Gasteiger partial charge >= 0.3 is 0 Å². The molecule has 0 unspecified atom stereocenters. The van der Waals surface area contributed by atoms with Gasteiger partial charge in [-0.05, 0) is 5.56 Å². The summed E-state index contributed by atoms with van der Waals surface area (Å²) in [5.74, 6) is 0.669. The summed E-state index contributed by atoms with van der Waals surface area (Å²) in [5.41, 5.74) is 1.81. The fourth-order valence-electron chi connectivity index (χ4n) is 2.36. The standard InChI is InChI=1S/C17H18N4OS/c1-4-14-19-16-15(17(22)21(14)18-11-20(2)3)13(10-23-16)12-8-6-5-7-9-12/h5-11H,4H2,1-3H3/b18-11-. The molecule has 2 heterocycles. The quantitative estimate of drug-likeness (QED) is 0.547. The lowest BCUT2D eigenvalue weighted by Gasteiger charge is -2.08. The summed E-state index contributed by atoms with van der Waals surface area (Å²) in [6.07, 6.45) is 2.26. The third-order valence-corrected chi connectivity index (χ3v) is 4.32. The van der Waals surface area contributed by atoms with Crippen LogP contribution in [0.5, 0.6) is 0 Å². The maximum Gasteiger partial charge on any atom is 0.283 e. The number of fused-ring (bicyclic) bond motifs is 1. The summed E-state index contributed by atoms with van der Waals surface area (Å²) in [6.45, 7) is 1.97. The van der Waals surface area contributed by atoms with Gasteiger partial charge in [0.1, 0.15) is 17.0 Å². The number of rotatable bonds is 4. The van der Waals surface area contributed by atoms with Gasteiger partial charge in [-0.25, -0.2) is 4.98 Å². The first kappa shape index (κ1) is 15.4. The lowest BCUT2D eigenvalue weighted by molar-refractivity contribution is 0.623. The van der Waals surface area contributed by atoms with E-state index in [-0.39, 0.29) is 5.56 Å². The van der Waals surface area contributed by atoms with Gasteiger partial charge in [0.05, 0.1) is 5.39 Å². The molecule has 0 aliphatic heterocycles. The first-order chi connectivity index (χ1) is 11.1. The van der Waals surface area contributed by atoms with Crippen LogP contribution in [-0.2, 0) is 6.42 Å². The number of hydrogen-bond donors (Lipinski definition) is 0. The number of hydrogen-bond acceptors (Lipinski definition) is 4. The molecule has 0 fully saturated rings. The van der Waals surface area contributed by atoms with E-state index >= 15 is 0 Å². The highest BCUT2D eigenvalue weighted by atomic mass is 32.1. The van der Waals surface area contributed by atoms with E-state index in [1.54, 1.807) is 11.2 Å². The van der Waals surface area contributed by atoms with E-state index in [0.29, 0.717) is 17.6 Å². The molecule has 0 aliphatic rings. The van der Waals surface area contributed by atoms with Crippen molar-refractivity contribution in [1.82, 2.24) is 14.6 Å². The molecule has 0 N–H and O–H groups in total. The average molecular weight is 326 g/mol. The first-order valence-corrected chi connectivity index (χ1v) is 8.29. The average Bonchev–Trinajstić information content (AvgIpc) is 2.98. The zero-order chi connectivity index (χ0) is 16.4. The van der Waals surface area contributed by atoms with Crippen LogP contribution >= 0.6 is 11.3 Å². The summed E-state index contributed by atoms with van der Waals surface area (Å²) >= 11 is 1.50. The molecule has 3 aromatic rings. The Balaban J connectivity index is 2.28. The van der Waals surface area contributed by atoms with Crippen LogP contribution in [0.25, 0.3) is 21.3 Å². The van der Waals surface area contributed by atoms with Gasteiger partial charge < -0.3 is 4.90 Å². The van der Waals surface area contributed by atoms with E-state index in [1.807, 2.05) is 56.7 Å². The van der Waals surface area contributed by atoms with E-state index in [4.69, 9.17) is 0 Å². The van der Waals surface area contributed by atoms with Gasteiger partial charge in [-0.3, -0.25) is 4.79 Å². The number of aromatic nitrogens is 2. The number of thiophene rings is 1. The molecule has 2 aromatic heterocycles. The summed E-state index contributed by atoms with van der Waals surface area (Å²) in [6, 6.07) is 9.90. The topological polar surface area (TPSA) is 50.5 Å². The molecule has 23 heavy (non-hydrogen) atoms. The Morgan fingerprint density at radius 1 is 1.30 bits per heavy atom. The highest BCUT2D eigenvalue weighted by Crippen LogP contribution is 2.30. The van der Waals surface area contributed by atoms with Crippen molar-refractivity contribution in [3.8, 4) is 11.1 Å². The zero-order valence-electron chi connectivity index (χ0n) is 13.4. The summed E-state index contributed by atoms with van der Waals surface area (Å²) < 4.78 is 1.40. The summed E-state index contributed by atoms with van der Waals surface area (Å²) in [5, 5.41) is 6.92. The van der Waals surface area contributed by atoms with Gasteiger partial charge in [0, 0.05) is 31.5 Å². The van der Waals surface area contributed by atoms with Crippen LogP contribution in [-0.4, -0.2) is 35.0 Å². The van der Waals surface area contributed by atoms with Crippen LogP contribution in [0, 0.1) is 0 Å². The molecule has 0 saturated carbocycles. The summed E-state index contributed by atoms with van der Waals surface area (Å²) in [4.78, 5) is 20.2. The molecule has 0 spiro atoms. The minimum absolute atomic E-state index is 0.120. The first-order valence-electron chi connectivity index (χ1n) is 7.41. The monoisotopic (exact) mass is 326 g/mol. The Labute approximate surface area is 138 Å². The normalized spacial score (nSPS) is 11.4. The molecule has 0 aliphatic carbocycles. The van der Waals surface area contributed by atoms with Gasteiger partial charge in [0.25, 0.3) is 5.56 Å². The summed E-state index contributed by atoms with van der Waals surface area (Å²) in [7, 11) is 3.73. The molecule has 0 radical (unpaired) electrons. The minimum atomic E-state index is -0.120. The van der Waals surface area contributed by atoms with Crippen LogP contribution in [0.3, 0.4) is 0 Å². The van der Waals surface area contributed by atoms with Crippen molar-refractivity contribution in [2.45, 2.75) is 13.3 Å². The molecule has 0 saturated heterocycles. The number of benzene rings is 1. The third kappa shape index (κ3) is 2.90. The number of aryl methyl sites for hydroxylation is 1. The van der Waals surface area contributed by atoms with E-state index < -0.39 is 0 Å².